The van der Waals surface area contributed by atoms with Gasteiger partial charge in [-0.15, -0.1) is 0 Å². The first-order chi connectivity index (χ1) is 8.86. The molecule has 2 rings (SSSR count). The number of fused-ring (bicyclic) bond motifs is 1. The second-order valence-corrected chi connectivity index (χ2v) is 5.04. The SMILES string of the molecule is CCCCCC(NCC)c1cccc2c1OCC2. The second-order valence-electron chi connectivity index (χ2n) is 5.04. The zero-order chi connectivity index (χ0) is 12.8. The van der Waals surface area contributed by atoms with Crippen molar-refractivity contribution in [3.8, 4) is 5.75 Å². The predicted molar refractivity (Wildman–Crippen MR) is 76.2 cm³/mol. The number of unbranched alkanes of at least 4 members (excludes halogenated alkanes) is 2. The van der Waals surface area contributed by atoms with Crippen molar-refractivity contribution in [3.63, 3.8) is 0 Å². The van der Waals surface area contributed by atoms with Crippen molar-refractivity contribution in [1.82, 2.24) is 5.32 Å². The van der Waals surface area contributed by atoms with E-state index < -0.39 is 0 Å². The number of hydrogen-bond acceptors (Lipinski definition) is 2. The number of nitrogens with one attached hydrogen (secondary N) is 1. The highest BCUT2D eigenvalue weighted by molar-refractivity contribution is 5.45. The molecular formula is C16H25NO. The minimum absolute atomic E-state index is 0.453. The molecule has 0 fully saturated rings. The summed E-state index contributed by atoms with van der Waals surface area (Å²) in [4.78, 5) is 0. The van der Waals surface area contributed by atoms with Gasteiger partial charge in [-0.3, -0.25) is 0 Å². The number of benzene rings is 1. The molecule has 1 aliphatic heterocycles. The van der Waals surface area contributed by atoms with Gasteiger partial charge < -0.3 is 10.1 Å². The average molecular weight is 247 g/mol. The molecule has 1 unspecified atom stereocenters. The summed E-state index contributed by atoms with van der Waals surface area (Å²) in [5.74, 6) is 1.15. The number of ether oxygens (including phenoxy) is 1. The monoisotopic (exact) mass is 247 g/mol. The lowest BCUT2D eigenvalue weighted by molar-refractivity contribution is 0.346. The van der Waals surface area contributed by atoms with E-state index in [2.05, 4.69) is 37.4 Å². The van der Waals surface area contributed by atoms with Crippen molar-refractivity contribution in [2.75, 3.05) is 13.2 Å². The molecule has 1 aromatic rings. The lowest BCUT2D eigenvalue weighted by Gasteiger charge is -2.20. The van der Waals surface area contributed by atoms with E-state index in [9.17, 15) is 0 Å². The summed E-state index contributed by atoms with van der Waals surface area (Å²) in [6.07, 6.45) is 6.16. The summed E-state index contributed by atoms with van der Waals surface area (Å²) < 4.78 is 5.82. The summed E-state index contributed by atoms with van der Waals surface area (Å²) in [6.45, 7) is 6.29. The van der Waals surface area contributed by atoms with Gasteiger partial charge in [-0.1, -0.05) is 51.3 Å². The molecule has 0 saturated heterocycles. The van der Waals surface area contributed by atoms with Gasteiger partial charge in [0.15, 0.2) is 0 Å². The number of hydrogen-bond donors (Lipinski definition) is 1. The van der Waals surface area contributed by atoms with Crippen molar-refractivity contribution in [2.45, 2.75) is 52.0 Å². The van der Waals surface area contributed by atoms with Crippen LogP contribution in [0.5, 0.6) is 5.75 Å². The van der Waals surface area contributed by atoms with Crippen LogP contribution in [0.4, 0.5) is 0 Å². The first-order valence-corrected chi connectivity index (χ1v) is 7.34. The van der Waals surface area contributed by atoms with E-state index in [4.69, 9.17) is 4.74 Å². The van der Waals surface area contributed by atoms with Gasteiger partial charge in [-0.05, 0) is 18.5 Å². The maximum absolute atomic E-state index is 5.82. The molecule has 0 saturated carbocycles. The molecule has 1 aliphatic rings. The standard InChI is InChI=1S/C16H25NO/c1-3-5-6-10-15(17-4-2)14-9-7-8-13-11-12-18-16(13)14/h7-9,15,17H,3-6,10-12H2,1-2H3. The third kappa shape index (κ3) is 3.05. The van der Waals surface area contributed by atoms with E-state index in [0.29, 0.717) is 6.04 Å². The zero-order valence-electron chi connectivity index (χ0n) is 11.7. The van der Waals surface area contributed by atoms with Gasteiger partial charge in [0.25, 0.3) is 0 Å². The van der Waals surface area contributed by atoms with Crippen LogP contribution in [0, 0.1) is 0 Å². The first-order valence-electron chi connectivity index (χ1n) is 7.34. The fourth-order valence-electron chi connectivity index (χ4n) is 2.73. The summed E-state index contributed by atoms with van der Waals surface area (Å²) in [7, 11) is 0. The molecule has 1 atom stereocenters. The molecule has 0 radical (unpaired) electrons. The molecular weight excluding hydrogens is 222 g/mol. The Kier molecular flexibility index (Phi) is 5.06. The molecule has 1 heterocycles. The Morgan fingerprint density at radius 2 is 2.17 bits per heavy atom. The maximum Gasteiger partial charge on any atom is 0.127 e. The fraction of sp³-hybridized carbons (Fsp3) is 0.625. The van der Waals surface area contributed by atoms with E-state index in [1.807, 2.05) is 0 Å². The van der Waals surface area contributed by atoms with Gasteiger partial charge in [0, 0.05) is 18.0 Å². The van der Waals surface area contributed by atoms with Crippen LogP contribution in [0.1, 0.15) is 56.7 Å². The normalized spacial score (nSPS) is 15.2. The molecule has 0 spiro atoms. The first kappa shape index (κ1) is 13.4. The lowest BCUT2D eigenvalue weighted by atomic mass is 9.97. The van der Waals surface area contributed by atoms with Crippen molar-refractivity contribution in [3.05, 3.63) is 29.3 Å². The van der Waals surface area contributed by atoms with Gasteiger partial charge in [-0.2, -0.15) is 0 Å². The Hall–Kier alpha value is -1.02. The van der Waals surface area contributed by atoms with Crippen molar-refractivity contribution >= 4 is 0 Å². The van der Waals surface area contributed by atoms with E-state index in [1.54, 1.807) is 0 Å². The number of para-hydroxylation sites is 1. The smallest absolute Gasteiger partial charge is 0.127 e. The molecule has 0 aliphatic carbocycles. The van der Waals surface area contributed by atoms with Crippen LogP contribution >= 0.6 is 0 Å². The molecule has 1 aromatic carbocycles. The van der Waals surface area contributed by atoms with E-state index >= 15 is 0 Å². The Morgan fingerprint density at radius 1 is 1.28 bits per heavy atom. The molecule has 2 nitrogen and oxygen atoms in total. The van der Waals surface area contributed by atoms with Crippen molar-refractivity contribution < 1.29 is 4.74 Å². The fourth-order valence-corrected chi connectivity index (χ4v) is 2.73. The largest absolute Gasteiger partial charge is 0.493 e. The molecule has 0 aromatic heterocycles. The molecule has 18 heavy (non-hydrogen) atoms. The van der Waals surface area contributed by atoms with E-state index in [-0.39, 0.29) is 0 Å². The highest BCUT2D eigenvalue weighted by Crippen LogP contribution is 2.35. The summed E-state index contributed by atoms with van der Waals surface area (Å²) >= 11 is 0. The van der Waals surface area contributed by atoms with Crippen LogP contribution in [0.2, 0.25) is 0 Å². The van der Waals surface area contributed by atoms with Crippen LogP contribution in [0.25, 0.3) is 0 Å². The Bertz CT molecular complexity index is 375. The summed E-state index contributed by atoms with van der Waals surface area (Å²) in [5.41, 5.74) is 2.74. The lowest BCUT2D eigenvalue weighted by Crippen LogP contribution is -2.21. The third-order valence-corrected chi connectivity index (χ3v) is 3.67. The summed E-state index contributed by atoms with van der Waals surface area (Å²) in [5, 5.41) is 3.61. The van der Waals surface area contributed by atoms with Crippen LogP contribution < -0.4 is 10.1 Å². The maximum atomic E-state index is 5.82. The van der Waals surface area contributed by atoms with Gasteiger partial charge in [0.05, 0.1) is 6.61 Å². The second kappa shape index (κ2) is 6.79. The molecule has 100 valence electrons. The molecule has 0 bridgehead atoms. The van der Waals surface area contributed by atoms with Gasteiger partial charge in [-0.25, -0.2) is 0 Å². The van der Waals surface area contributed by atoms with Gasteiger partial charge >= 0.3 is 0 Å². The van der Waals surface area contributed by atoms with E-state index in [0.717, 1.165) is 25.3 Å². The topological polar surface area (TPSA) is 21.3 Å². The molecule has 1 N–H and O–H groups in total. The van der Waals surface area contributed by atoms with Crippen molar-refractivity contribution in [2.24, 2.45) is 0 Å². The highest BCUT2D eigenvalue weighted by Gasteiger charge is 2.21. The van der Waals surface area contributed by atoms with Gasteiger partial charge in [0.1, 0.15) is 5.75 Å². The minimum Gasteiger partial charge on any atom is -0.493 e. The Balaban J connectivity index is 2.12. The zero-order valence-corrected chi connectivity index (χ0v) is 11.7. The predicted octanol–water partition coefficient (Wildman–Crippen LogP) is 3.85. The van der Waals surface area contributed by atoms with Crippen LogP contribution in [0.15, 0.2) is 18.2 Å². The minimum atomic E-state index is 0.453. The van der Waals surface area contributed by atoms with Crippen LogP contribution in [-0.4, -0.2) is 13.2 Å². The molecule has 2 heteroatoms. The summed E-state index contributed by atoms with van der Waals surface area (Å²) in [6, 6.07) is 7.05. The Labute approximate surface area is 111 Å². The Morgan fingerprint density at radius 3 is 2.94 bits per heavy atom. The van der Waals surface area contributed by atoms with Crippen LogP contribution in [0.3, 0.4) is 0 Å². The van der Waals surface area contributed by atoms with Crippen molar-refractivity contribution in [1.29, 1.82) is 0 Å². The quantitative estimate of drug-likeness (QED) is 0.739. The van der Waals surface area contributed by atoms with Gasteiger partial charge in [0.2, 0.25) is 0 Å². The third-order valence-electron chi connectivity index (χ3n) is 3.67. The van der Waals surface area contributed by atoms with E-state index in [1.165, 1.54) is 36.8 Å². The number of rotatable bonds is 7. The molecule has 0 amide bonds. The highest BCUT2D eigenvalue weighted by atomic mass is 16.5. The average Bonchev–Trinajstić information content (AvgIpc) is 2.86. The van der Waals surface area contributed by atoms with Crippen LogP contribution in [-0.2, 0) is 6.42 Å².